The molecule has 0 spiro atoms. The number of aromatic nitrogens is 1. The van der Waals surface area contributed by atoms with Gasteiger partial charge in [-0.25, -0.2) is 4.39 Å². The lowest BCUT2D eigenvalue weighted by Gasteiger charge is -2.20. The molecule has 0 atom stereocenters. The van der Waals surface area contributed by atoms with Crippen molar-refractivity contribution in [2.45, 2.75) is 33.2 Å². The molecule has 0 unspecified atom stereocenters. The lowest BCUT2D eigenvalue weighted by atomic mass is 10.1. The third-order valence-electron chi connectivity index (χ3n) is 6.22. The maximum absolute atomic E-state index is 14.3. The van der Waals surface area contributed by atoms with Crippen LogP contribution in [0.5, 0.6) is 0 Å². The summed E-state index contributed by atoms with van der Waals surface area (Å²) >= 11 is 1.37. The Hall–Kier alpha value is -3.52. The predicted octanol–water partition coefficient (Wildman–Crippen LogP) is 5.88. The van der Waals surface area contributed by atoms with Gasteiger partial charge in [-0.15, -0.1) is 0 Å². The van der Waals surface area contributed by atoms with E-state index in [-0.39, 0.29) is 23.1 Å². The van der Waals surface area contributed by atoms with Gasteiger partial charge in [0, 0.05) is 34.1 Å². The molecule has 1 aromatic heterocycles. The number of rotatable bonds is 6. The van der Waals surface area contributed by atoms with Crippen LogP contribution in [-0.2, 0) is 11.3 Å². The average molecular weight is 474 g/mol. The number of halogens is 1. The van der Waals surface area contributed by atoms with Crippen LogP contribution in [0.1, 0.15) is 37.8 Å². The summed E-state index contributed by atoms with van der Waals surface area (Å²) in [5, 5.41) is 17.0. The zero-order valence-electron chi connectivity index (χ0n) is 19.0. The first-order valence-electron chi connectivity index (χ1n) is 11.3. The standard InChI is InChI=1S/C26H24FN5OS/c1-3-16(4-2)25-30-32-23(28)20(24(33)29-26(32)34-25)13-18-15-31(22-12-8-6-10-19(18)22)14-17-9-5-7-11-21(17)27/h5-13,15-16,28H,3-4,14H2,1-2H3/b20-13+,28-23?. The number of hydrogen-bond donors (Lipinski definition) is 1. The smallest absolute Gasteiger partial charge is 0.283 e. The first-order valence-corrected chi connectivity index (χ1v) is 12.1. The summed E-state index contributed by atoms with van der Waals surface area (Å²) in [5.41, 5.74) is 2.46. The largest absolute Gasteiger partial charge is 0.342 e. The Labute approximate surface area is 201 Å². The molecule has 1 N–H and O–H groups in total. The van der Waals surface area contributed by atoms with Crippen molar-refractivity contribution in [2.24, 2.45) is 16.0 Å². The highest BCUT2D eigenvalue weighted by molar-refractivity contribution is 8.27. The van der Waals surface area contributed by atoms with Crippen molar-refractivity contribution in [3.63, 3.8) is 0 Å². The Morgan fingerprint density at radius 2 is 1.85 bits per heavy atom. The van der Waals surface area contributed by atoms with E-state index in [4.69, 9.17) is 5.41 Å². The zero-order valence-corrected chi connectivity index (χ0v) is 19.8. The molecule has 2 aliphatic rings. The number of hydrogen-bond acceptors (Lipinski definition) is 4. The molecule has 0 saturated heterocycles. The Kier molecular flexibility index (Phi) is 5.91. The number of amidine groups is 2. The molecule has 1 amide bonds. The molecular formula is C26H24FN5OS. The lowest BCUT2D eigenvalue weighted by molar-refractivity contribution is -0.114. The molecule has 34 heavy (non-hydrogen) atoms. The van der Waals surface area contributed by atoms with Gasteiger partial charge in [-0.2, -0.15) is 15.1 Å². The SMILES string of the molecule is CCC(CC)C1=NN2C(=N)/C(=C\c3cn(Cc4ccccc4F)c4ccccc34)C(=O)N=C2S1. The highest BCUT2D eigenvalue weighted by Gasteiger charge is 2.37. The van der Waals surface area contributed by atoms with E-state index in [1.165, 1.54) is 22.8 Å². The molecule has 3 aromatic rings. The van der Waals surface area contributed by atoms with Crippen LogP contribution in [0.2, 0.25) is 0 Å². The zero-order chi connectivity index (χ0) is 23.8. The minimum Gasteiger partial charge on any atom is -0.342 e. The first kappa shape index (κ1) is 22.3. The normalized spacial score (nSPS) is 17.1. The third-order valence-corrected chi connectivity index (χ3v) is 7.29. The number of aliphatic imine (C=N–C) groups is 1. The third kappa shape index (κ3) is 3.88. The van der Waals surface area contributed by atoms with Crippen LogP contribution in [-0.4, -0.2) is 31.5 Å². The summed E-state index contributed by atoms with van der Waals surface area (Å²) in [6.07, 6.45) is 5.46. The first-order chi connectivity index (χ1) is 16.5. The van der Waals surface area contributed by atoms with Crippen molar-refractivity contribution in [1.82, 2.24) is 9.58 Å². The van der Waals surface area contributed by atoms with Gasteiger partial charge >= 0.3 is 0 Å². The molecule has 0 radical (unpaired) electrons. The number of carbonyl (C=O) groups excluding carboxylic acids is 1. The van der Waals surface area contributed by atoms with Crippen LogP contribution in [0.4, 0.5) is 4.39 Å². The van der Waals surface area contributed by atoms with Gasteiger partial charge in [-0.05, 0) is 42.8 Å². The minimum atomic E-state index is -0.448. The second kappa shape index (κ2) is 9.02. The molecule has 172 valence electrons. The number of nitrogens with zero attached hydrogens (tertiary/aromatic N) is 4. The summed E-state index contributed by atoms with van der Waals surface area (Å²) in [6, 6.07) is 14.5. The Bertz CT molecular complexity index is 1400. The van der Waals surface area contributed by atoms with Crippen molar-refractivity contribution in [2.75, 3.05) is 0 Å². The fourth-order valence-electron chi connectivity index (χ4n) is 4.30. The summed E-state index contributed by atoms with van der Waals surface area (Å²) < 4.78 is 16.2. The molecule has 2 aliphatic heterocycles. The van der Waals surface area contributed by atoms with Gasteiger partial charge in [0.25, 0.3) is 5.91 Å². The summed E-state index contributed by atoms with van der Waals surface area (Å²) in [5.74, 6) is -0.404. The van der Waals surface area contributed by atoms with Crippen molar-refractivity contribution < 1.29 is 9.18 Å². The van der Waals surface area contributed by atoms with Crippen molar-refractivity contribution in [1.29, 1.82) is 5.41 Å². The second-order valence-electron chi connectivity index (χ2n) is 8.29. The molecule has 8 heteroatoms. The number of hydrazone groups is 1. The van der Waals surface area contributed by atoms with Crippen LogP contribution in [0.25, 0.3) is 17.0 Å². The molecule has 0 aliphatic carbocycles. The Morgan fingerprint density at radius 1 is 1.12 bits per heavy atom. The molecule has 3 heterocycles. The number of fused-ring (bicyclic) bond motifs is 2. The highest BCUT2D eigenvalue weighted by Crippen LogP contribution is 2.33. The second-order valence-corrected chi connectivity index (χ2v) is 9.28. The van der Waals surface area contributed by atoms with Gasteiger partial charge in [0.1, 0.15) is 10.9 Å². The van der Waals surface area contributed by atoms with E-state index in [1.807, 2.05) is 41.1 Å². The number of benzene rings is 2. The van der Waals surface area contributed by atoms with E-state index in [0.29, 0.717) is 17.3 Å². The number of nitrogens with one attached hydrogen (secondary N) is 1. The van der Waals surface area contributed by atoms with Gasteiger partial charge in [-0.3, -0.25) is 10.2 Å². The van der Waals surface area contributed by atoms with E-state index in [0.717, 1.165) is 34.4 Å². The minimum absolute atomic E-state index is 0.0226. The topological polar surface area (TPSA) is 73.8 Å². The van der Waals surface area contributed by atoms with Crippen LogP contribution in [0.15, 0.2) is 70.4 Å². The van der Waals surface area contributed by atoms with Crippen LogP contribution < -0.4 is 0 Å². The predicted molar refractivity (Wildman–Crippen MR) is 137 cm³/mol. The lowest BCUT2D eigenvalue weighted by Crippen LogP contribution is -2.35. The van der Waals surface area contributed by atoms with Crippen LogP contribution in [0.3, 0.4) is 0 Å². The monoisotopic (exact) mass is 473 g/mol. The molecule has 0 saturated carbocycles. The van der Waals surface area contributed by atoms with Gasteiger partial charge in [0.15, 0.2) is 5.84 Å². The molecule has 0 bridgehead atoms. The average Bonchev–Trinajstić information content (AvgIpc) is 3.41. The van der Waals surface area contributed by atoms with Crippen LogP contribution in [0, 0.1) is 17.1 Å². The molecule has 2 aromatic carbocycles. The highest BCUT2D eigenvalue weighted by atomic mass is 32.2. The quantitative estimate of drug-likeness (QED) is 0.454. The Morgan fingerprint density at radius 3 is 2.62 bits per heavy atom. The Balaban J connectivity index is 1.53. The molecular weight excluding hydrogens is 449 g/mol. The van der Waals surface area contributed by atoms with E-state index in [1.54, 1.807) is 18.2 Å². The summed E-state index contributed by atoms with van der Waals surface area (Å²) in [4.78, 5) is 17.1. The number of para-hydroxylation sites is 1. The summed E-state index contributed by atoms with van der Waals surface area (Å²) in [7, 11) is 0. The van der Waals surface area contributed by atoms with E-state index in [9.17, 15) is 9.18 Å². The summed E-state index contributed by atoms with van der Waals surface area (Å²) in [6.45, 7) is 4.57. The van der Waals surface area contributed by atoms with Crippen LogP contribution >= 0.6 is 11.8 Å². The van der Waals surface area contributed by atoms with Crippen molar-refractivity contribution in [3.8, 4) is 0 Å². The van der Waals surface area contributed by atoms with Crippen molar-refractivity contribution in [3.05, 3.63) is 77.2 Å². The number of carbonyl (C=O) groups is 1. The molecule has 0 fully saturated rings. The van der Waals surface area contributed by atoms with E-state index < -0.39 is 5.91 Å². The maximum Gasteiger partial charge on any atom is 0.283 e. The fourth-order valence-corrected chi connectivity index (χ4v) is 5.45. The molecule has 5 rings (SSSR count). The van der Waals surface area contributed by atoms with E-state index in [2.05, 4.69) is 23.9 Å². The van der Waals surface area contributed by atoms with E-state index >= 15 is 0 Å². The van der Waals surface area contributed by atoms with Gasteiger partial charge in [-0.1, -0.05) is 50.2 Å². The maximum atomic E-state index is 14.3. The van der Waals surface area contributed by atoms with Crippen molar-refractivity contribution >= 4 is 50.7 Å². The number of amides is 1. The van der Waals surface area contributed by atoms with Gasteiger partial charge in [0.05, 0.1) is 12.1 Å². The van der Waals surface area contributed by atoms with Gasteiger partial charge < -0.3 is 4.57 Å². The fraction of sp³-hybridized carbons (Fsp3) is 0.231. The molecule has 6 nitrogen and oxygen atoms in total. The number of thioether (sulfide) groups is 1. The van der Waals surface area contributed by atoms with Gasteiger partial charge in [0.2, 0.25) is 5.17 Å².